The molecule has 1 aromatic rings. The summed E-state index contributed by atoms with van der Waals surface area (Å²) in [5.74, 6) is 0. The molecule has 1 aromatic carbocycles. The van der Waals surface area contributed by atoms with Crippen LogP contribution < -0.4 is 5.32 Å². The number of alkyl halides is 3. The van der Waals surface area contributed by atoms with Crippen molar-refractivity contribution in [1.29, 1.82) is 10.5 Å². The number of nitro groups is 2. The van der Waals surface area contributed by atoms with E-state index in [-0.39, 0.29) is 12.1 Å². The van der Waals surface area contributed by atoms with Gasteiger partial charge in [-0.15, -0.1) is 0 Å². The van der Waals surface area contributed by atoms with Crippen LogP contribution in [0.15, 0.2) is 23.9 Å². The van der Waals surface area contributed by atoms with E-state index in [1.807, 2.05) is 5.32 Å². The third kappa shape index (κ3) is 3.92. The Labute approximate surface area is 125 Å². The number of nitrogens with one attached hydrogen (secondary N) is 1. The highest BCUT2D eigenvalue weighted by molar-refractivity contribution is 5.76. The van der Waals surface area contributed by atoms with E-state index in [9.17, 15) is 33.4 Å². The Bertz CT molecular complexity index is 737. The minimum atomic E-state index is -5.03. The average molecular weight is 327 g/mol. The molecule has 9 nitrogen and oxygen atoms in total. The van der Waals surface area contributed by atoms with E-state index in [0.29, 0.717) is 6.20 Å². The van der Waals surface area contributed by atoms with E-state index >= 15 is 0 Å². The molecular formula is C11H4F3N5O4. The molecule has 12 heteroatoms. The third-order valence-electron chi connectivity index (χ3n) is 2.42. The first kappa shape index (κ1) is 17.4. The second-order valence-corrected chi connectivity index (χ2v) is 3.83. The van der Waals surface area contributed by atoms with E-state index in [1.165, 1.54) is 12.1 Å². The molecule has 0 aliphatic rings. The summed E-state index contributed by atoms with van der Waals surface area (Å²) in [6, 6.07) is 2.97. The van der Waals surface area contributed by atoms with Crippen molar-refractivity contribution in [1.82, 2.24) is 0 Å². The van der Waals surface area contributed by atoms with E-state index in [1.54, 1.807) is 0 Å². The molecule has 1 rings (SSSR count). The van der Waals surface area contributed by atoms with Gasteiger partial charge in [0, 0.05) is 18.3 Å². The highest BCUT2D eigenvalue weighted by atomic mass is 19.4. The lowest BCUT2D eigenvalue weighted by Crippen LogP contribution is -2.09. The first-order chi connectivity index (χ1) is 10.6. The zero-order valence-electron chi connectivity index (χ0n) is 10.8. The van der Waals surface area contributed by atoms with Crippen LogP contribution >= 0.6 is 0 Å². The minimum Gasteiger partial charge on any atom is -0.349 e. The van der Waals surface area contributed by atoms with Gasteiger partial charge < -0.3 is 5.32 Å². The zero-order chi connectivity index (χ0) is 17.8. The molecule has 0 amide bonds. The molecule has 0 bridgehead atoms. The fourth-order valence-corrected chi connectivity index (χ4v) is 1.45. The molecular weight excluding hydrogens is 323 g/mol. The molecule has 0 atom stereocenters. The number of halogens is 3. The molecule has 1 N–H and O–H groups in total. The number of rotatable bonds is 4. The lowest BCUT2D eigenvalue weighted by atomic mass is 10.1. The molecule has 23 heavy (non-hydrogen) atoms. The van der Waals surface area contributed by atoms with Crippen molar-refractivity contribution in [3.63, 3.8) is 0 Å². The fourth-order valence-electron chi connectivity index (χ4n) is 1.45. The minimum absolute atomic E-state index is 0.113. The maximum atomic E-state index is 12.7. The number of nitro benzene ring substituents is 2. The van der Waals surface area contributed by atoms with Gasteiger partial charge in [0.15, 0.2) is 5.69 Å². The van der Waals surface area contributed by atoms with Gasteiger partial charge in [-0.1, -0.05) is 0 Å². The van der Waals surface area contributed by atoms with Gasteiger partial charge in [0.2, 0.25) is 0 Å². The third-order valence-corrected chi connectivity index (χ3v) is 2.42. The normalized spacial score (nSPS) is 10.1. The van der Waals surface area contributed by atoms with Gasteiger partial charge in [0.1, 0.15) is 17.7 Å². The topological polar surface area (TPSA) is 146 Å². The Morgan fingerprint density at radius 3 is 1.87 bits per heavy atom. The van der Waals surface area contributed by atoms with E-state index in [2.05, 4.69) is 0 Å². The SMILES string of the molecule is N#CC(C#N)=CNc1c([N+](=O)[O-])cc(C(F)(F)F)cc1[N+](=O)[O-]. The Morgan fingerprint density at radius 1 is 1.13 bits per heavy atom. The molecule has 0 aliphatic carbocycles. The highest BCUT2D eigenvalue weighted by Crippen LogP contribution is 2.41. The van der Waals surface area contributed by atoms with E-state index in [0.717, 1.165) is 0 Å². The maximum Gasteiger partial charge on any atom is 0.416 e. The van der Waals surface area contributed by atoms with Crippen molar-refractivity contribution in [2.75, 3.05) is 5.32 Å². The van der Waals surface area contributed by atoms with Crippen LogP contribution in [-0.2, 0) is 6.18 Å². The second kappa shape index (κ2) is 6.40. The number of nitriles is 2. The number of benzene rings is 1. The van der Waals surface area contributed by atoms with E-state index < -0.39 is 44.2 Å². The molecule has 0 fully saturated rings. The predicted octanol–water partition coefficient (Wildman–Crippen LogP) is 2.86. The molecule has 0 radical (unpaired) electrons. The van der Waals surface area contributed by atoms with Crippen LogP contribution in [0.2, 0.25) is 0 Å². The number of allylic oxidation sites excluding steroid dienone is 1. The van der Waals surface area contributed by atoms with Crippen molar-refractivity contribution < 1.29 is 23.0 Å². The summed E-state index contributed by atoms with van der Waals surface area (Å²) < 4.78 is 38.0. The molecule has 0 heterocycles. The lowest BCUT2D eigenvalue weighted by Gasteiger charge is -2.09. The molecule has 0 unspecified atom stereocenters. The smallest absolute Gasteiger partial charge is 0.349 e. The first-order valence-corrected chi connectivity index (χ1v) is 5.42. The highest BCUT2D eigenvalue weighted by Gasteiger charge is 2.37. The zero-order valence-corrected chi connectivity index (χ0v) is 10.8. The van der Waals surface area contributed by atoms with Crippen molar-refractivity contribution in [2.24, 2.45) is 0 Å². The van der Waals surface area contributed by atoms with Crippen molar-refractivity contribution in [3.8, 4) is 12.1 Å². The first-order valence-electron chi connectivity index (χ1n) is 5.42. The Morgan fingerprint density at radius 2 is 1.57 bits per heavy atom. The van der Waals surface area contributed by atoms with Crippen LogP contribution in [0.25, 0.3) is 0 Å². The summed E-state index contributed by atoms with van der Waals surface area (Å²) >= 11 is 0. The number of hydrogen-bond donors (Lipinski definition) is 1. The van der Waals surface area contributed by atoms with Crippen LogP contribution in [0.5, 0.6) is 0 Å². The Balaban J connectivity index is 3.64. The molecule has 0 aliphatic heterocycles. The molecule has 0 spiro atoms. The van der Waals surface area contributed by atoms with Crippen molar-refractivity contribution >= 4 is 17.1 Å². The Hall–Kier alpha value is -3.67. The van der Waals surface area contributed by atoms with Gasteiger partial charge in [-0.3, -0.25) is 20.2 Å². The number of anilines is 1. The summed E-state index contributed by atoms with van der Waals surface area (Å²) in [6.07, 6.45) is -4.42. The quantitative estimate of drug-likeness (QED) is 0.508. The fraction of sp³-hybridized carbons (Fsp3) is 0.0909. The second-order valence-electron chi connectivity index (χ2n) is 3.83. The van der Waals surface area contributed by atoms with Crippen LogP contribution in [-0.4, -0.2) is 9.85 Å². The van der Waals surface area contributed by atoms with Gasteiger partial charge in [-0.05, 0) is 0 Å². The van der Waals surface area contributed by atoms with Crippen molar-refractivity contribution in [2.45, 2.75) is 6.18 Å². The summed E-state index contributed by atoms with van der Waals surface area (Å²) in [5.41, 5.74) is -5.49. The van der Waals surface area contributed by atoms with Crippen LogP contribution in [0.4, 0.5) is 30.2 Å². The molecule has 0 saturated carbocycles. The van der Waals surface area contributed by atoms with Gasteiger partial charge in [-0.25, -0.2) is 0 Å². The monoisotopic (exact) mass is 327 g/mol. The van der Waals surface area contributed by atoms with E-state index in [4.69, 9.17) is 10.5 Å². The maximum absolute atomic E-state index is 12.7. The summed E-state index contributed by atoms with van der Waals surface area (Å²) in [6.45, 7) is 0. The van der Waals surface area contributed by atoms with Crippen LogP contribution in [0, 0.1) is 42.9 Å². The van der Waals surface area contributed by atoms with Crippen LogP contribution in [0.1, 0.15) is 5.56 Å². The Kier molecular flexibility index (Phi) is 4.84. The average Bonchev–Trinajstić information content (AvgIpc) is 2.46. The lowest BCUT2D eigenvalue weighted by molar-refractivity contribution is -0.392. The van der Waals surface area contributed by atoms with Gasteiger partial charge in [-0.2, -0.15) is 23.7 Å². The summed E-state index contributed by atoms with van der Waals surface area (Å²) in [7, 11) is 0. The summed E-state index contributed by atoms with van der Waals surface area (Å²) in [4.78, 5) is 19.3. The predicted molar refractivity (Wildman–Crippen MR) is 67.7 cm³/mol. The number of hydrogen-bond acceptors (Lipinski definition) is 7. The molecule has 0 aromatic heterocycles. The standard InChI is InChI=1S/C11H4F3N5O4/c12-11(13,14)7-1-8(18(20)21)10(9(2-7)19(22)23)17-5-6(3-15)4-16/h1-2,5,17H. The largest absolute Gasteiger partial charge is 0.416 e. The number of nitrogens with zero attached hydrogens (tertiary/aromatic N) is 4. The van der Waals surface area contributed by atoms with Gasteiger partial charge >= 0.3 is 6.18 Å². The van der Waals surface area contributed by atoms with Crippen molar-refractivity contribution in [3.05, 3.63) is 49.7 Å². The molecule has 118 valence electrons. The molecule has 0 saturated heterocycles. The van der Waals surface area contributed by atoms with Gasteiger partial charge in [0.05, 0.1) is 15.4 Å². The van der Waals surface area contributed by atoms with Gasteiger partial charge in [0.25, 0.3) is 11.4 Å². The van der Waals surface area contributed by atoms with Crippen LogP contribution in [0.3, 0.4) is 0 Å². The summed E-state index contributed by atoms with van der Waals surface area (Å²) in [5, 5.41) is 40.8.